The van der Waals surface area contributed by atoms with Crippen LogP contribution in [0.5, 0.6) is 0 Å². The van der Waals surface area contributed by atoms with Crippen molar-refractivity contribution in [2.24, 2.45) is 0 Å². The molecule has 0 spiro atoms. The van der Waals surface area contributed by atoms with E-state index in [-0.39, 0.29) is 11.9 Å². The quantitative estimate of drug-likeness (QED) is 0.837. The molecule has 0 bridgehead atoms. The Morgan fingerprint density at radius 2 is 2.22 bits per heavy atom. The fourth-order valence-electron chi connectivity index (χ4n) is 2.30. The third-order valence-corrected chi connectivity index (χ3v) is 3.12. The van der Waals surface area contributed by atoms with E-state index >= 15 is 0 Å². The topological polar surface area (TPSA) is 83.6 Å². The maximum Gasteiger partial charge on any atom is 0.269 e. The number of anilines is 1. The number of rotatable bonds is 3. The molecule has 0 radical (unpaired) electrons. The van der Waals surface area contributed by atoms with Crippen molar-refractivity contribution in [3.8, 4) is 0 Å². The van der Waals surface area contributed by atoms with E-state index in [1.165, 1.54) is 17.5 Å². The Balaban J connectivity index is 1.67. The molecule has 1 aliphatic rings. The number of fused-ring (bicyclic) bond motifs is 1. The number of carbonyl (C=O) groups excluding carboxylic acids is 1. The molecule has 1 aromatic heterocycles. The van der Waals surface area contributed by atoms with Gasteiger partial charge in [0, 0.05) is 0 Å². The zero-order chi connectivity index (χ0) is 12.4. The molecule has 0 atom stereocenters. The van der Waals surface area contributed by atoms with Crippen molar-refractivity contribution in [2.45, 2.75) is 25.7 Å². The third-order valence-electron chi connectivity index (χ3n) is 3.12. The molecule has 1 aromatic carbocycles. The van der Waals surface area contributed by atoms with Gasteiger partial charge in [-0.2, -0.15) is 5.21 Å². The van der Waals surface area contributed by atoms with Crippen molar-refractivity contribution in [1.29, 1.82) is 0 Å². The van der Waals surface area contributed by atoms with E-state index in [4.69, 9.17) is 0 Å². The van der Waals surface area contributed by atoms with Crippen LogP contribution in [0.15, 0.2) is 18.2 Å². The molecule has 1 amide bonds. The average Bonchev–Trinajstić information content (AvgIpc) is 2.98. The first-order chi connectivity index (χ1) is 8.81. The van der Waals surface area contributed by atoms with Crippen LogP contribution >= 0.6 is 0 Å². The van der Waals surface area contributed by atoms with E-state index in [9.17, 15) is 4.79 Å². The summed E-state index contributed by atoms with van der Waals surface area (Å²) in [6.45, 7) is 0. The first-order valence-corrected chi connectivity index (χ1v) is 5.95. The van der Waals surface area contributed by atoms with E-state index in [0.29, 0.717) is 6.42 Å². The minimum Gasteiger partial charge on any atom is -0.292 e. The van der Waals surface area contributed by atoms with Crippen LogP contribution in [0, 0.1) is 0 Å². The lowest BCUT2D eigenvalue weighted by molar-refractivity contribution is -0.115. The summed E-state index contributed by atoms with van der Waals surface area (Å²) < 4.78 is 0. The number of carbonyl (C=O) groups is 1. The van der Waals surface area contributed by atoms with Crippen LogP contribution in [0.4, 0.5) is 5.95 Å². The van der Waals surface area contributed by atoms with Crippen LogP contribution in [0.2, 0.25) is 0 Å². The highest BCUT2D eigenvalue weighted by molar-refractivity contribution is 5.90. The summed E-state index contributed by atoms with van der Waals surface area (Å²) >= 11 is 0. The zero-order valence-electron chi connectivity index (χ0n) is 9.81. The normalized spacial score (nSPS) is 13.3. The van der Waals surface area contributed by atoms with Gasteiger partial charge in [0.15, 0.2) is 0 Å². The lowest BCUT2D eigenvalue weighted by atomic mass is 10.0. The van der Waals surface area contributed by atoms with Gasteiger partial charge in [0.2, 0.25) is 5.91 Å². The van der Waals surface area contributed by atoms with Gasteiger partial charge in [0.05, 0.1) is 6.42 Å². The molecular formula is C12H13N5O. The van der Waals surface area contributed by atoms with Crippen LogP contribution in [-0.4, -0.2) is 26.5 Å². The summed E-state index contributed by atoms with van der Waals surface area (Å²) in [6.07, 6.45) is 3.83. The summed E-state index contributed by atoms with van der Waals surface area (Å²) in [5.41, 5.74) is 3.81. The molecule has 0 fully saturated rings. The van der Waals surface area contributed by atoms with Gasteiger partial charge < -0.3 is 0 Å². The maximum absolute atomic E-state index is 11.7. The maximum atomic E-state index is 11.7. The third kappa shape index (κ3) is 2.22. The van der Waals surface area contributed by atoms with Gasteiger partial charge in [0.25, 0.3) is 5.95 Å². The molecular weight excluding hydrogens is 230 g/mol. The number of hydrogen-bond donors (Lipinski definition) is 2. The predicted molar refractivity (Wildman–Crippen MR) is 65.0 cm³/mol. The standard InChI is InChI=1S/C12H13N5O/c18-11(13-12-14-16-17-15-12)7-8-4-5-9-2-1-3-10(9)6-8/h4-6H,1-3,7H2,(H2,13,14,15,16,17,18). The first-order valence-electron chi connectivity index (χ1n) is 5.95. The van der Waals surface area contributed by atoms with Crippen LogP contribution in [-0.2, 0) is 24.1 Å². The summed E-state index contributed by atoms with van der Waals surface area (Å²) in [4.78, 5) is 11.7. The number of aromatic amines is 1. The number of benzene rings is 1. The fraction of sp³-hybridized carbons (Fsp3) is 0.333. The van der Waals surface area contributed by atoms with Gasteiger partial charge in [-0.05, 0) is 41.2 Å². The molecule has 0 saturated carbocycles. The van der Waals surface area contributed by atoms with E-state index in [0.717, 1.165) is 18.4 Å². The molecule has 1 heterocycles. The molecule has 2 N–H and O–H groups in total. The number of tetrazole rings is 1. The van der Waals surface area contributed by atoms with E-state index in [2.05, 4.69) is 38.1 Å². The van der Waals surface area contributed by atoms with Gasteiger partial charge in [-0.3, -0.25) is 10.1 Å². The predicted octanol–water partition coefficient (Wildman–Crippen LogP) is 0.870. The molecule has 6 nitrogen and oxygen atoms in total. The van der Waals surface area contributed by atoms with E-state index < -0.39 is 0 Å². The largest absolute Gasteiger partial charge is 0.292 e. The molecule has 6 heteroatoms. The van der Waals surface area contributed by atoms with Crippen molar-refractivity contribution in [3.63, 3.8) is 0 Å². The molecule has 0 unspecified atom stereocenters. The molecule has 92 valence electrons. The molecule has 3 rings (SSSR count). The highest BCUT2D eigenvalue weighted by Crippen LogP contribution is 2.23. The second-order valence-corrected chi connectivity index (χ2v) is 4.42. The minimum absolute atomic E-state index is 0.130. The number of aromatic nitrogens is 4. The SMILES string of the molecule is O=C(Cc1ccc2c(c1)CCC2)Nc1nn[nH]n1. The number of nitrogens with zero attached hydrogens (tertiary/aromatic N) is 3. The Morgan fingerprint density at radius 1 is 1.33 bits per heavy atom. The lowest BCUT2D eigenvalue weighted by Crippen LogP contribution is -2.15. The molecule has 1 aliphatic carbocycles. The van der Waals surface area contributed by atoms with Crippen LogP contribution in [0.25, 0.3) is 0 Å². The van der Waals surface area contributed by atoms with Crippen molar-refractivity contribution >= 4 is 11.9 Å². The molecule has 18 heavy (non-hydrogen) atoms. The second-order valence-electron chi connectivity index (χ2n) is 4.42. The van der Waals surface area contributed by atoms with Gasteiger partial charge in [-0.25, -0.2) is 0 Å². The Kier molecular flexibility index (Phi) is 2.76. The Hall–Kier alpha value is -2.24. The first kappa shape index (κ1) is 10.9. The van der Waals surface area contributed by atoms with Gasteiger partial charge in [-0.1, -0.05) is 23.3 Å². The summed E-state index contributed by atoms with van der Waals surface area (Å²) in [6, 6.07) is 6.26. The highest BCUT2D eigenvalue weighted by atomic mass is 16.1. The second kappa shape index (κ2) is 4.56. The number of H-pyrrole nitrogens is 1. The van der Waals surface area contributed by atoms with Crippen molar-refractivity contribution in [1.82, 2.24) is 20.6 Å². The van der Waals surface area contributed by atoms with Crippen LogP contribution in [0.1, 0.15) is 23.1 Å². The van der Waals surface area contributed by atoms with Crippen molar-refractivity contribution in [3.05, 3.63) is 34.9 Å². The monoisotopic (exact) mass is 243 g/mol. The number of hydrogen-bond acceptors (Lipinski definition) is 4. The smallest absolute Gasteiger partial charge is 0.269 e. The van der Waals surface area contributed by atoms with Gasteiger partial charge >= 0.3 is 0 Å². The minimum atomic E-state index is -0.130. The zero-order valence-corrected chi connectivity index (χ0v) is 9.81. The van der Waals surface area contributed by atoms with E-state index in [1.807, 2.05) is 6.07 Å². The summed E-state index contributed by atoms with van der Waals surface area (Å²) in [5, 5.41) is 15.6. The molecule has 0 aliphatic heterocycles. The van der Waals surface area contributed by atoms with Gasteiger partial charge in [-0.15, -0.1) is 5.10 Å². The van der Waals surface area contributed by atoms with Gasteiger partial charge in [0.1, 0.15) is 0 Å². The average molecular weight is 243 g/mol. The van der Waals surface area contributed by atoms with E-state index in [1.54, 1.807) is 0 Å². The summed E-state index contributed by atoms with van der Waals surface area (Å²) in [7, 11) is 0. The Morgan fingerprint density at radius 3 is 3.06 bits per heavy atom. The molecule has 0 saturated heterocycles. The van der Waals surface area contributed by atoms with Crippen molar-refractivity contribution in [2.75, 3.05) is 5.32 Å². The number of nitrogens with one attached hydrogen (secondary N) is 2. The fourth-order valence-corrected chi connectivity index (χ4v) is 2.30. The highest BCUT2D eigenvalue weighted by Gasteiger charge is 2.12. The summed E-state index contributed by atoms with van der Waals surface area (Å²) in [5.74, 6) is 0.0792. The van der Waals surface area contributed by atoms with Crippen LogP contribution < -0.4 is 5.32 Å². The Bertz CT molecular complexity index is 564. The molecule has 2 aromatic rings. The number of aryl methyl sites for hydroxylation is 2. The number of amides is 1. The van der Waals surface area contributed by atoms with Crippen molar-refractivity contribution < 1.29 is 4.79 Å². The Labute approximate surface area is 104 Å². The lowest BCUT2D eigenvalue weighted by Gasteiger charge is -2.04. The van der Waals surface area contributed by atoms with Crippen LogP contribution in [0.3, 0.4) is 0 Å².